The third kappa shape index (κ3) is 5.23. The smallest absolute Gasteiger partial charge is 0.261 e. The molecule has 0 bridgehead atoms. The van der Waals surface area contributed by atoms with Gasteiger partial charge in [-0.25, -0.2) is 8.42 Å². The molecule has 0 aliphatic heterocycles. The number of carbonyl (C=O) groups is 1. The average Bonchev–Trinajstić information content (AvgIpc) is 2.73. The van der Waals surface area contributed by atoms with E-state index in [2.05, 4.69) is 10.0 Å². The van der Waals surface area contributed by atoms with Crippen LogP contribution in [0.3, 0.4) is 0 Å². The molecule has 0 heterocycles. The Hall–Kier alpha value is -3.12. The van der Waals surface area contributed by atoms with Crippen LogP contribution in [0.15, 0.2) is 83.8 Å². The third-order valence-electron chi connectivity index (χ3n) is 4.63. The fourth-order valence-corrected chi connectivity index (χ4v) is 4.09. The van der Waals surface area contributed by atoms with Gasteiger partial charge in [0, 0.05) is 11.3 Å². The lowest BCUT2D eigenvalue weighted by molar-refractivity contribution is 0.0935. The molecule has 0 unspecified atom stereocenters. The summed E-state index contributed by atoms with van der Waals surface area (Å²) < 4.78 is 27.9. The van der Waals surface area contributed by atoms with E-state index in [-0.39, 0.29) is 16.8 Å². The molecule has 0 aliphatic rings. The van der Waals surface area contributed by atoms with Crippen LogP contribution in [0.4, 0.5) is 5.69 Å². The molecule has 1 amide bonds. The van der Waals surface area contributed by atoms with Crippen molar-refractivity contribution in [1.29, 1.82) is 0 Å². The van der Waals surface area contributed by atoms with Crippen LogP contribution in [-0.2, 0) is 10.0 Å². The van der Waals surface area contributed by atoms with Gasteiger partial charge in [0.15, 0.2) is 0 Å². The summed E-state index contributed by atoms with van der Waals surface area (Å²) in [6, 6.07) is 22.5. The minimum atomic E-state index is -3.79. The number of aryl methyl sites for hydroxylation is 1. The molecule has 0 fully saturated rings. The molecule has 3 aromatic rings. The standard InChI is InChI=1S/C23H24N2O3S/c1-3-22(18-14-12-17(2)13-15-18)24-23(26)19-8-7-11-21(16-19)29(27,28)25-20-9-5-4-6-10-20/h4-16,22,25H,3H2,1-2H3,(H,24,26)/t22-/m1/s1. The highest BCUT2D eigenvalue weighted by Crippen LogP contribution is 2.20. The highest BCUT2D eigenvalue weighted by Gasteiger charge is 2.18. The first-order valence-corrected chi connectivity index (χ1v) is 10.9. The predicted molar refractivity (Wildman–Crippen MR) is 115 cm³/mol. The van der Waals surface area contributed by atoms with E-state index in [1.54, 1.807) is 42.5 Å². The molecule has 150 valence electrons. The van der Waals surface area contributed by atoms with Crippen LogP contribution in [0.25, 0.3) is 0 Å². The van der Waals surface area contributed by atoms with Crippen LogP contribution in [0.2, 0.25) is 0 Å². The Labute approximate surface area is 171 Å². The van der Waals surface area contributed by atoms with Gasteiger partial charge in [0.25, 0.3) is 15.9 Å². The fraction of sp³-hybridized carbons (Fsp3) is 0.174. The molecule has 0 aliphatic carbocycles. The molecular weight excluding hydrogens is 384 g/mol. The van der Waals surface area contributed by atoms with Crippen LogP contribution < -0.4 is 10.0 Å². The summed E-state index contributed by atoms with van der Waals surface area (Å²) in [5.74, 6) is -0.311. The number of amides is 1. The summed E-state index contributed by atoms with van der Waals surface area (Å²) in [5, 5.41) is 2.99. The highest BCUT2D eigenvalue weighted by atomic mass is 32.2. The second kappa shape index (κ2) is 8.92. The predicted octanol–water partition coefficient (Wildman–Crippen LogP) is 4.68. The molecule has 3 aromatic carbocycles. The summed E-state index contributed by atoms with van der Waals surface area (Å²) in [5.41, 5.74) is 2.93. The van der Waals surface area contributed by atoms with Crippen LogP contribution in [-0.4, -0.2) is 14.3 Å². The number of para-hydroxylation sites is 1. The van der Waals surface area contributed by atoms with Gasteiger partial charge in [-0.05, 0) is 49.2 Å². The zero-order valence-corrected chi connectivity index (χ0v) is 17.2. The van der Waals surface area contributed by atoms with Gasteiger partial charge in [0.2, 0.25) is 0 Å². The maximum atomic E-state index is 12.8. The zero-order chi connectivity index (χ0) is 20.9. The Morgan fingerprint density at radius 3 is 2.28 bits per heavy atom. The van der Waals surface area contributed by atoms with Crippen molar-refractivity contribution in [2.45, 2.75) is 31.2 Å². The molecule has 0 saturated carbocycles. The van der Waals surface area contributed by atoms with Gasteiger partial charge in [-0.15, -0.1) is 0 Å². The molecule has 3 rings (SSSR count). The van der Waals surface area contributed by atoms with Gasteiger partial charge >= 0.3 is 0 Å². The number of benzene rings is 3. The van der Waals surface area contributed by atoms with E-state index in [4.69, 9.17) is 0 Å². The van der Waals surface area contributed by atoms with Crippen molar-refractivity contribution in [1.82, 2.24) is 5.32 Å². The van der Waals surface area contributed by atoms with Crippen LogP contribution >= 0.6 is 0 Å². The first-order chi connectivity index (χ1) is 13.9. The van der Waals surface area contributed by atoms with Gasteiger partial charge in [-0.3, -0.25) is 9.52 Å². The van der Waals surface area contributed by atoms with E-state index >= 15 is 0 Å². The number of sulfonamides is 1. The first-order valence-electron chi connectivity index (χ1n) is 9.44. The number of rotatable bonds is 7. The normalized spacial score (nSPS) is 12.2. The molecule has 0 spiro atoms. The molecule has 5 nitrogen and oxygen atoms in total. The van der Waals surface area contributed by atoms with Crippen molar-refractivity contribution in [2.24, 2.45) is 0 Å². The molecule has 1 atom stereocenters. The first kappa shape index (κ1) is 20.6. The highest BCUT2D eigenvalue weighted by molar-refractivity contribution is 7.92. The van der Waals surface area contributed by atoms with Crippen molar-refractivity contribution in [2.75, 3.05) is 4.72 Å². The minimum Gasteiger partial charge on any atom is -0.345 e. The Kier molecular flexibility index (Phi) is 6.34. The zero-order valence-electron chi connectivity index (χ0n) is 16.4. The van der Waals surface area contributed by atoms with E-state index in [1.165, 1.54) is 12.1 Å². The topological polar surface area (TPSA) is 75.3 Å². The number of carbonyl (C=O) groups excluding carboxylic acids is 1. The summed E-state index contributed by atoms with van der Waals surface area (Å²) in [6.45, 7) is 4.01. The largest absolute Gasteiger partial charge is 0.345 e. The van der Waals surface area contributed by atoms with E-state index in [0.717, 1.165) is 17.5 Å². The van der Waals surface area contributed by atoms with Gasteiger partial charge in [0.1, 0.15) is 0 Å². The van der Waals surface area contributed by atoms with Crippen LogP contribution in [0, 0.1) is 6.92 Å². The molecule has 0 saturated heterocycles. The van der Waals surface area contributed by atoms with E-state index in [9.17, 15) is 13.2 Å². The van der Waals surface area contributed by atoms with E-state index in [1.807, 2.05) is 38.1 Å². The summed E-state index contributed by atoms with van der Waals surface area (Å²) in [6.07, 6.45) is 0.725. The Morgan fingerprint density at radius 1 is 0.931 bits per heavy atom. The molecule has 6 heteroatoms. The lowest BCUT2D eigenvalue weighted by atomic mass is 10.0. The number of anilines is 1. The summed E-state index contributed by atoms with van der Waals surface area (Å²) in [7, 11) is -3.79. The lowest BCUT2D eigenvalue weighted by Crippen LogP contribution is -2.28. The molecule has 29 heavy (non-hydrogen) atoms. The SMILES string of the molecule is CC[C@@H](NC(=O)c1cccc(S(=O)(=O)Nc2ccccc2)c1)c1ccc(C)cc1. The summed E-state index contributed by atoms with van der Waals surface area (Å²) >= 11 is 0. The molecule has 0 aromatic heterocycles. The van der Waals surface area contributed by atoms with Crippen molar-refractivity contribution in [3.8, 4) is 0 Å². The van der Waals surface area contributed by atoms with Gasteiger partial charge < -0.3 is 5.32 Å². The lowest BCUT2D eigenvalue weighted by Gasteiger charge is -2.18. The Morgan fingerprint density at radius 2 is 1.62 bits per heavy atom. The van der Waals surface area contributed by atoms with E-state index < -0.39 is 10.0 Å². The van der Waals surface area contributed by atoms with Gasteiger partial charge in [0.05, 0.1) is 10.9 Å². The summed E-state index contributed by atoms with van der Waals surface area (Å²) in [4.78, 5) is 12.8. The van der Waals surface area contributed by atoms with Crippen molar-refractivity contribution in [3.63, 3.8) is 0 Å². The Bertz CT molecular complexity index is 1080. The molecular formula is C23H24N2O3S. The average molecular weight is 409 g/mol. The number of nitrogens with one attached hydrogen (secondary N) is 2. The molecule has 0 radical (unpaired) electrons. The van der Waals surface area contributed by atoms with Gasteiger partial charge in [-0.2, -0.15) is 0 Å². The Balaban J connectivity index is 1.79. The number of hydrogen-bond acceptors (Lipinski definition) is 3. The van der Waals surface area contributed by atoms with Crippen LogP contribution in [0.5, 0.6) is 0 Å². The van der Waals surface area contributed by atoms with Crippen molar-refractivity contribution >= 4 is 21.6 Å². The van der Waals surface area contributed by atoms with Crippen molar-refractivity contribution < 1.29 is 13.2 Å². The maximum Gasteiger partial charge on any atom is 0.261 e. The maximum absolute atomic E-state index is 12.8. The molecule has 2 N–H and O–H groups in total. The van der Waals surface area contributed by atoms with Crippen molar-refractivity contribution in [3.05, 3.63) is 95.6 Å². The fourth-order valence-electron chi connectivity index (χ4n) is 2.99. The monoisotopic (exact) mass is 408 g/mol. The van der Waals surface area contributed by atoms with Gasteiger partial charge in [-0.1, -0.05) is 61.0 Å². The quantitative estimate of drug-likeness (QED) is 0.596. The van der Waals surface area contributed by atoms with E-state index in [0.29, 0.717) is 11.3 Å². The second-order valence-electron chi connectivity index (χ2n) is 6.84. The third-order valence-corrected chi connectivity index (χ3v) is 6.00. The minimum absolute atomic E-state index is 0.0392. The second-order valence-corrected chi connectivity index (χ2v) is 8.53. The number of hydrogen-bond donors (Lipinski definition) is 2. The van der Waals surface area contributed by atoms with Crippen LogP contribution in [0.1, 0.15) is 40.9 Å².